The molecule has 0 unspecified atom stereocenters. The number of hydrogen-bond acceptors (Lipinski definition) is 3. The lowest BCUT2D eigenvalue weighted by Crippen LogP contribution is -2.39. The Kier molecular flexibility index (Phi) is 8.61. The van der Waals surface area contributed by atoms with Crippen LogP contribution in [0.15, 0.2) is 42.5 Å². The lowest BCUT2D eigenvalue weighted by atomic mass is 10.1. The summed E-state index contributed by atoms with van der Waals surface area (Å²) in [5, 5.41) is 3.57. The maximum absolute atomic E-state index is 12.7. The van der Waals surface area contributed by atoms with Crippen molar-refractivity contribution < 1.29 is 14.3 Å². The van der Waals surface area contributed by atoms with Crippen LogP contribution in [0.4, 0.5) is 5.69 Å². The highest BCUT2D eigenvalue weighted by Crippen LogP contribution is 2.25. The standard InChI is InChI=1S/C21H24Cl2N2O3/c1-3-11-25(14-20(26)24-19-13-16(22)7-10-18(19)23)21(27)12-15-5-8-17(9-6-15)28-4-2/h5-10,13H,3-4,11-12,14H2,1-2H3,(H,24,26). The topological polar surface area (TPSA) is 58.6 Å². The zero-order chi connectivity index (χ0) is 20.5. The largest absolute Gasteiger partial charge is 0.494 e. The van der Waals surface area contributed by atoms with Crippen molar-refractivity contribution in [3.05, 3.63) is 58.1 Å². The van der Waals surface area contributed by atoms with Gasteiger partial charge in [-0.25, -0.2) is 0 Å². The van der Waals surface area contributed by atoms with Crippen molar-refractivity contribution in [1.82, 2.24) is 4.90 Å². The number of nitrogens with zero attached hydrogens (tertiary/aromatic N) is 1. The molecule has 2 rings (SSSR count). The number of carbonyl (C=O) groups excluding carboxylic acids is 2. The van der Waals surface area contributed by atoms with E-state index in [0.717, 1.165) is 17.7 Å². The van der Waals surface area contributed by atoms with Crippen molar-refractivity contribution in [1.29, 1.82) is 0 Å². The summed E-state index contributed by atoms with van der Waals surface area (Å²) < 4.78 is 5.41. The van der Waals surface area contributed by atoms with E-state index < -0.39 is 0 Å². The number of nitrogens with one attached hydrogen (secondary N) is 1. The Balaban J connectivity index is 1.99. The summed E-state index contributed by atoms with van der Waals surface area (Å²) in [6.07, 6.45) is 0.970. The summed E-state index contributed by atoms with van der Waals surface area (Å²) in [6.45, 7) is 4.91. The third-order valence-corrected chi connectivity index (χ3v) is 4.54. The summed E-state index contributed by atoms with van der Waals surface area (Å²) >= 11 is 12.0. The third-order valence-electron chi connectivity index (χ3n) is 3.97. The molecular weight excluding hydrogens is 399 g/mol. The quantitative estimate of drug-likeness (QED) is 0.630. The minimum absolute atomic E-state index is 0.0491. The zero-order valence-corrected chi connectivity index (χ0v) is 17.5. The first-order valence-corrected chi connectivity index (χ1v) is 9.93. The van der Waals surface area contributed by atoms with Crippen LogP contribution >= 0.6 is 23.2 Å². The molecule has 0 aliphatic heterocycles. The Hall–Kier alpha value is -2.24. The molecule has 0 aromatic heterocycles. The number of benzene rings is 2. The molecular formula is C21H24Cl2N2O3. The van der Waals surface area contributed by atoms with Gasteiger partial charge in [0, 0.05) is 11.6 Å². The van der Waals surface area contributed by atoms with Gasteiger partial charge in [-0.2, -0.15) is 0 Å². The molecule has 0 aliphatic carbocycles. The van der Waals surface area contributed by atoms with Gasteiger partial charge < -0.3 is 15.0 Å². The lowest BCUT2D eigenvalue weighted by molar-refractivity contribution is -0.134. The van der Waals surface area contributed by atoms with E-state index in [-0.39, 0.29) is 24.8 Å². The van der Waals surface area contributed by atoms with Gasteiger partial charge in [-0.05, 0) is 49.2 Å². The van der Waals surface area contributed by atoms with Crippen LogP contribution in [0.2, 0.25) is 10.0 Å². The van der Waals surface area contributed by atoms with Crippen molar-refractivity contribution in [3.63, 3.8) is 0 Å². The van der Waals surface area contributed by atoms with Gasteiger partial charge in [0.1, 0.15) is 5.75 Å². The van der Waals surface area contributed by atoms with Gasteiger partial charge in [0.15, 0.2) is 0 Å². The Morgan fingerprint density at radius 3 is 2.43 bits per heavy atom. The molecule has 5 nitrogen and oxygen atoms in total. The molecule has 0 saturated carbocycles. The molecule has 0 bridgehead atoms. The fraction of sp³-hybridized carbons (Fsp3) is 0.333. The van der Waals surface area contributed by atoms with Crippen molar-refractivity contribution in [2.45, 2.75) is 26.7 Å². The van der Waals surface area contributed by atoms with Gasteiger partial charge in [-0.15, -0.1) is 0 Å². The number of carbonyl (C=O) groups is 2. The molecule has 28 heavy (non-hydrogen) atoms. The van der Waals surface area contributed by atoms with Crippen LogP contribution in [0.1, 0.15) is 25.8 Å². The predicted octanol–water partition coefficient (Wildman–Crippen LogP) is 4.81. The molecule has 0 heterocycles. The second-order valence-electron chi connectivity index (χ2n) is 6.24. The summed E-state index contributed by atoms with van der Waals surface area (Å²) in [7, 11) is 0. The highest BCUT2D eigenvalue weighted by atomic mass is 35.5. The van der Waals surface area contributed by atoms with Crippen molar-refractivity contribution in [2.75, 3.05) is 25.0 Å². The minimum atomic E-state index is -0.322. The fourth-order valence-electron chi connectivity index (χ4n) is 2.67. The fourth-order valence-corrected chi connectivity index (χ4v) is 3.01. The molecule has 2 aromatic carbocycles. The Bertz CT molecular complexity index is 810. The van der Waals surface area contributed by atoms with E-state index in [1.165, 1.54) is 0 Å². The number of hydrogen-bond donors (Lipinski definition) is 1. The Labute approximate surface area is 175 Å². The third kappa shape index (κ3) is 6.73. The van der Waals surface area contributed by atoms with Crippen LogP contribution in [-0.4, -0.2) is 36.4 Å². The van der Waals surface area contributed by atoms with Gasteiger partial charge in [-0.1, -0.05) is 42.3 Å². The summed E-state index contributed by atoms with van der Waals surface area (Å²) in [5.74, 6) is 0.331. The van der Waals surface area contributed by atoms with Crippen molar-refractivity contribution in [3.8, 4) is 5.75 Å². The number of rotatable bonds is 9. The molecule has 0 radical (unpaired) electrons. The maximum Gasteiger partial charge on any atom is 0.244 e. The van der Waals surface area contributed by atoms with Gasteiger partial charge in [0.05, 0.1) is 30.3 Å². The van der Waals surface area contributed by atoms with Crippen LogP contribution in [0.3, 0.4) is 0 Å². The molecule has 0 fully saturated rings. The normalized spacial score (nSPS) is 10.4. The van der Waals surface area contributed by atoms with Crippen LogP contribution in [0, 0.1) is 0 Å². The molecule has 0 atom stereocenters. The molecule has 0 aliphatic rings. The van der Waals surface area contributed by atoms with Gasteiger partial charge in [-0.3, -0.25) is 9.59 Å². The zero-order valence-electron chi connectivity index (χ0n) is 16.0. The predicted molar refractivity (Wildman–Crippen MR) is 113 cm³/mol. The Morgan fingerprint density at radius 1 is 1.07 bits per heavy atom. The molecule has 2 amide bonds. The van der Waals surface area contributed by atoms with E-state index in [1.807, 2.05) is 38.1 Å². The SMILES string of the molecule is CCCN(CC(=O)Nc1cc(Cl)ccc1Cl)C(=O)Cc1ccc(OCC)cc1. The molecule has 7 heteroatoms. The highest BCUT2D eigenvalue weighted by Gasteiger charge is 2.18. The van der Waals surface area contributed by atoms with E-state index in [4.69, 9.17) is 27.9 Å². The molecule has 0 spiro atoms. The summed E-state index contributed by atoms with van der Waals surface area (Å²) in [5.41, 5.74) is 1.29. The van der Waals surface area contributed by atoms with Crippen LogP contribution < -0.4 is 10.1 Å². The Morgan fingerprint density at radius 2 is 1.79 bits per heavy atom. The molecule has 150 valence electrons. The van der Waals surface area contributed by atoms with E-state index in [9.17, 15) is 9.59 Å². The molecule has 2 aromatic rings. The molecule has 1 N–H and O–H groups in total. The highest BCUT2D eigenvalue weighted by molar-refractivity contribution is 6.35. The van der Waals surface area contributed by atoms with Crippen molar-refractivity contribution >= 4 is 40.7 Å². The number of halogens is 2. The maximum atomic E-state index is 12.7. The average molecular weight is 423 g/mol. The van der Waals surface area contributed by atoms with Gasteiger partial charge >= 0.3 is 0 Å². The second-order valence-corrected chi connectivity index (χ2v) is 7.09. The summed E-state index contributed by atoms with van der Waals surface area (Å²) in [6, 6.07) is 12.2. The molecule has 0 saturated heterocycles. The van der Waals surface area contributed by atoms with Crippen LogP contribution in [-0.2, 0) is 16.0 Å². The van der Waals surface area contributed by atoms with Gasteiger partial charge in [0.25, 0.3) is 0 Å². The monoisotopic (exact) mass is 422 g/mol. The van der Waals surface area contributed by atoms with Gasteiger partial charge in [0.2, 0.25) is 11.8 Å². The first-order valence-electron chi connectivity index (χ1n) is 9.17. The number of anilines is 1. The van der Waals surface area contributed by atoms with E-state index in [0.29, 0.717) is 28.9 Å². The van der Waals surface area contributed by atoms with Crippen LogP contribution in [0.5, 0.6) is 5.75 Å². The smallest absolute Gasteiger partial charge is 0.244 e. The summed E-state index contributed by atoms with van der Waals surface area (Å²) in [4.78, 5) is 26.6. The first kappa shape index (κ1) is 22.1. The van der Waals surface area contributed by atoms with Crippen molar-refractivity contribution in [2.24, 2.45) is 0 Å². The number of amides is 2. The first-order chi connectivity index (χ1) is 13.4. The van der Waals surface area contributed by atoms with Crippen LogP contribution in [0.25, 0.3) is 0 Å². The number of ether oxygens (including phenoxy) is 1. The second kappa shape index (κ2) is 10.9. The van der Waals surface area contributed by atoms with E-state index in [1.54, 1.807) is 23.1 Å². The average Bonchev–Trinajstić information content (AvgIpc) is 2.66. The van der Waals surface area contributed by atoms with E-state index >= 15 is 0 Å². The minimum Gasteiger partial charge on any atom is -0.494 e. The van der Waals surface area contributed by atoms with E-state index in [2.05, 4.69) is 5.32 Å². The lowest BCUT2D eigenvalue weighted by Gasteiger charge is -2.22.